The van der Waals surface area contributed by atoms with Gasteiger partial charge in [0.15, 0.2) is 0 Å². The van der Waals surface area contributed by atoms with Crippen LogP contribution in [-0.4, -0.2) is 9.13 Å². The highest BCUT2D eigenvalue weighted by Crippen LogP contribution is 2.44. The average molecular weight is 733 g/mol. The highest BCUT2D eigenvalue weighted by molar-refractivity contribution is 6.13. The largest absolute Gasteiger partial charge is 0.310 e. The second-order valence-corrected chi connectivity index (χ2v) is 14.7. The third-order valence-electron chi connectivity index (χ3n) is 11.6. The lowest BCUT2D eigenvalue weighted by molar-refractivity contribution is 1.02. The van der Waals surface area contributed by atoms with Gasteiger partial charge < -0.3 is 9.13 Å². The van der Waals surface area contributed by atoms with Crippen LogP contribution in [0.15, 0.2) is 170 Å². The Morgan fingerprint density at radius 1 is 0.509 bits per heavy atom. The van der Waals surface area contributed by atoms with Crippen LogP contribution in [0.3, 0.4) is 0 Å². The molecule has 2 nitrogen and oxygen atoms in total. The van der Waals surface area contributed by atoms with Crippen molar-refractivity contribution in [2.24, 2.45) is 0 Å². The van der Waals surface area contributed by atoms with Gasteiger partial charge in [0.1, 0.15) is 0 Å². The van der Waals surface area contributed by atoms with Crippen LogP contribution in [0.4, 0.5) is 0 Å². The highest BCUT2D eigenvalue weighted by atomic mass is 15.0. The molecule has 0 atom stereocenters. The van der Waals surface area contributed by atoms with Crippen molar-refractivity contribution in [1.29, 1.82) is 0 Å². The van der Waals surface area contributed by atoms with Crippen molar-refractivity contribution in [2.45, 2.75) is 33.6 Å². The number of hydrogen-bond acceptors (Lipinski definition) is 0. The standard InChI is InChI=1S/C53H38N2.C2H6/c1-2-3-5-15-37-32-38-16-12-24-46(53(37)38)41-21-13-23-42-40(41)22-14-27-50(42)55-49-26-11-8-19-43(49)45-30-28-36(34-52(45)55)35-29-31-51-47(33-35)44-20-9-10-25-48(44)54(51)39-17-6-4-7-18-39;1-2/h2-8,11-34H,9-10H2,1H3;1-2H3/b3-2-,15-5-;. The number of hydrogen-bond donors (Lipinski definition) is 0. The second kappa shape index (κ2) is 14.3. The fraction of sp³-hybridized carbons (Fsp3) is 0.0909. The molecule has 0 bridgehead atoms. The summed E-state index contributed by atoms with van der Waals surface area (Å²) >= 11 is 0. The minimum Gasteiger partial charge on any atom is -0.310 e. The van der Waals surface area contributed by atoms with Crippen LogP contribution >= 0.6 is 0 Å². The monoisotopic (exact) mass is 732 g/mol. The van der Waals surface area contributed by atoms with E-state index in [1.165, 1.54) is 104 Å². The number of para-hydroxylation sites is 2. The summed E-state index contributed by atoms with van der Waals surface area (Å²) in [6.07, 6.45) is 17.8. The zero-order valence-corrected chi connectivity index (χ0v) is 32.7. The summed E-state index contributed by atoms with van der Waals surface area (Å²) in [5.41, 5.74) is 15.0. The van der Waals surface area contributed by atoms with E-state index in [1.54, 1.807) is 0 Å². The fourth-order valence-electron chi connectivity index (χ4n) is 9.17. The van der Waals surface area contributed by atoms with E-state index in [0.29, 0.717) is 0 Å². The molecule has 0 radical (unpaired) electrons. The zero-order valence-electron chi connectivity index (χ0n) is 32.7. The topological polar surface area (TPSA) is 9.86 Å². The summed E-state index contributed by atoms with van der Waals surface area (Å²) in [5.74, 6) is 0. The second-order valence-electron chi connectivity index (χ2n) is 14.7. The summed E-state index contributed by atoms with van der Waals surface area (Å²) in [6.45, 7) is 6.05. The molecule has 9 aromatic rings. The predicted molar refractivity (Wildman–Crippen MR) is 247 cm³/mol. The van der Waals surface area contributed by atoms with E-state index in [1.807, 2.05) is 13.8 Å². The lowest BCUT2D eigenvalue weighted by atomic mass is 9.81. The van der Waals surface area contributed by atoms with Crippen molar-refractivity contribution in [2.75, 3.05) is 0 Å². The van der Waals surface area contributed by atoms with E-state index in [9.17, 15) is 0 Å². The Hall–Kier alpha value is -6.90. The Kier molecular flexibility index (Phi) is 8.68. The third-order valence-corrected chi connectivity index (χ3v) is 11.6. The Morgan fingerprint density at radius 2 is 1.21 bits per heavy atom. The molecule has 2 aliphatic carbocycles. The lowest BCUT2D eigenvalue weighted by Crippen LogP contribution is -2.30. The van der Waals surface area contributed by atoms with Crippen molar-refractivity contribution >= 4 is 67.3 Å². The van der Waals surface area contributed by atoms with Crippen molar-refractivity contribution in [3.63, 3.8) is 0 Å². The summed E-state index contributed by atoms with van der Waals surface area (Å²) in [7, 11) is 0. The maximum atomic E-state index is 2.49. The third kappa shape index (κ3) is 5.55. The maximum Gasteiger partial charge on any atom is 0.0547 e. The van der Waals surface area contributed by atoms with Gasteiger partial charge in [0.2, 0.25) is 0 Å². The molecule has 0 aliphatic heterocycles. The van der Waals surface area contributed by atoms with Crippen LogP contribution in [-0.2, 0) is 0 Å². The molecule has 0 N–H and O–H groups in total. The predicted octanol–water partition coefficient (Wildman–Crippen LogP) is 13.6. The molecule has 0 amide bonds. The SMILES string of the molecule is C/C=C\C=C/C1=Cc2cccc(-c3cccc4c(-n5c6ccccc6c6ccc(-c7ccc8c(c7)c7c(n8-c8ccccc8)=CCCC=7)cc65)cccc34)c21.CC. The normalized spacial score (nSPS) is 13.3. The van der Waals surface area contributed by atoms with E-state index in [2.05, 4.69) is 204 Å². The lowest BCUT2D eigenvalue weighted by Gasteiger charge is -2.23. The molecule has 274 valence electrons. The molecule has 11 rings (SSSR count). The van der Waals surface area contributed by atoms with Gasteiger partial charge in [-0.3, -0.25) is 0 Å². The first-order chi connectivity index (χ1) is 28.3. The number of benzene rings is 7. The number of nitrogens with zero attached hydrogens (tertiary/aromatic N) is 2. The molecule has 0 spiro atoms. The molecule has 2 heterocycles. The van der Waals surface area contributed by atoms with E-state index in [0.717, 1.165) is 12.8 Å². The van der Waals surface area contributed by atoms with Crippen molar-refractivity contribution in [1.82, 2.24) is 9.13 Å². The summed E-state index contributed by atoms with van der Waals surface area (Å²) < 4.78 is 4.92. The number of aromatic nitrogens is 2. The van der Waals surface area contributed by atoms with E-state index in [4.69, 9.17) is 0 Å². The molecule has 2 aliphatic rings. The molecule has 0 saturated carbocycles. The van der Waals surface area contributed by atoms with Crippen LogP contribution < -0.4 is 10.6 Å². The molecule has 0 unspecified atom stereocenters. The average Bonchev–Trinajstić information content (AvgIpc) is 3.78. The first-order valence-electron chi connectivity index (χ1n) is 20.4. The summed E-state index contributed by atoms with van der Waals surface area (Å²) in [5, 5.41) is 8.97. The molecule has 0 saturated heterocycles. The molecule has 2 heteroatoms. The minimum absolute atomic E-state index is 1.07. The van der Waals surface area contributed by atoms with Crippen molar-refractivity contribution in [3.8, 4) is 33.6 Å². The minimum atomic E-state index is 1.07. The van der Waals surface area contributed by atoms with Crippen molar-refractivity contribution in [3.05, 3.63) is 192 Å². The van der Waals surface area contributed by atoms with Crippen LogP contribution in [0.1, 0.15) is 44.7 Å². The van der Waals surface area contributed by atoms with E-state index >= 15 is 0 Å². The van der Waals surface area contributed by atoms with Gasteiger partial charge in [0.25, 0.3) is 0 Å². The molecular weight excluding hydrogens is 689 g/mol. The van der Waals surface area contributed by atoms with E-state index in [-0.39, 0.29) is 0 Å². The van der Waals surface area contributed by atoms with Crippen molar-refractivity contribution < 1.29 is 0 Å². The molecular formula is C55H44N2. The molecule has 7 aromatic carbocycles. The van der Waals surface area contributed by atoms with Crippen LogP contribution in [0.25, 0.3) is 101 Å². The van der Waals surface area contributed by atoms with E-state index < -0.39 is 0 Å². The van der Waals surface area contributed by atoms with Gasteiger partial charge in [0.05, 0.1) is 22.2 Å². The first kappa shape index (κ1) is 34.6. The zero-order chi connectivity index (χ0) is 38.5. The van der Waals surface area contributed by atoms with Crippen LogP contribution in [0, 0.1) is 0 Å². The van der Waals surface area contributed by atoms with Gasteiger partial charge in [-0.15, -0.1) is 0 Å². The fourth-order valence-corrected chi connectivity index (χ4v) is 9.17. The Labute approximate surface area is 334 Å². The van der Waals surface area contributed by atoms with Gasteiger partial charge in [-0.25, -0.2) is 0 Å². The number of fused-ring (bicyclic) bond motifs is 8. The smallest absolute Gasteiger partial charge is 0.0547 e. The van der Waals surface area contributed by atoms with Gasteiger partial charge in [-0.2, -0.15) is 0 Å². The molecule has 2 aromatic heterocycles. The summed E-state index contributed by atoms with van der Waals surface area (Å²) in [6, 6.07) is 54.0. The first-order valence-corrected chi connectivity index (χ1v) is 20.4. The Bertz CT molecular complexity index is 3250. The van der Waals surface area contributed by atoms with Crippen LogP contribution in [0.5, 0.6) is 0 Å². The van der Waals surface area contributed by atoms with Gasteiger partial charge >= 0.3 is 0 Å². The number of allylic oxidation sites excluding steroid dienone is 5. The highest BCUT2D eigenvalue weighted by Gasteiger charge is 2.22. The Morgan fingerprint density at radius 3 is 2.11 bits per heavy atom. The number of rotatable bonds is 6. The Balaban J connectivity index is 0.00000195. The van der Waals surface area contributed by atoms with Gasteiger partial charge in [0, 0.05) is 37.8 Å². The maximum absolute atomic E-state index is 2.49. The van der Waals surface area contributed by atoms with Crippen LogP contribution in [0.2, 0.25) is 0 Å². The quantitative estimate of drug-likeness (QED) is 0.151. The summed E-state index contributed by atoms with van der Waals surface area (Å²) in [4.78, 5) is 0. The molecule has 0 fully saturated rings. The molecule has 57 heavy (non-hydrogen) atoms. The van der Waals surface area contributed by atoms with Gasteiger partial charge in [-0.1, -0.05) is 153 Å². The van der Waals surface area contributed by atoms with Gasteiger partial charge in [-0.05, 0) is 113 Å².